The summed E-state index contributed by atoms with van der Waals surface area (Å²) in [5.74, 6) is 0. The summed E-state index contributed by atoms with van der Waals surface area (Å²) in [5, 5.41) is 0. The molecule has 0 fully saturated rings. The zero-order valence-electron chi connectivity index (χ0n) is 5.11. The minimum Gasteiger partial charge on any atom is -0.358 e. The van der Waals surface area contributed by atoms with Gasteiger partial charge in [0.1, 0.15) is 0 Å². The van der Waals surface area contributed by atoms with E-state index in [1.165, 1.54) is 0 Å². The predicted octanol–water partition coefficient (Wildman–Crippen LogP) is 1.73. The maximum atomic E-state index is 7.50. The molecule has 1 rings (SSSR count). The van der Waals surface area contributed by atoms with E-state index in [1.807, 2.05) is 30.7 Å². The van der Waals surface area contributed by atoms with Crippen molar-refractivity contribution in [3.05, 3.63) is 44.8 Å². The van der Waals surface area contributed by atoms with E-state index < -0.39 is 0 Å². The van der Waals surface area contributed by atoms with Gasteiger partial charge in [0.2, 0.25) is 0 Å². The van der Waals surface area contributed by atoms with Gasteiger partial charge >= 0.3 is 11.3 Å². The number of hydrogen-bond acceptors (Lipinski definition) is 0. The average Bonchev–Trinajstić information content (AvgIpc) is 2.23. The van der Waals surface area contributed by atoms with Gasteiger partial charge in [-0.15, -0.1) is 0 Å². The second-order valence-electron chi connectivity index (χ2n) is 0.962. The Labute approximate surface area is 70.8 Å². The Bertz CT molecular complexity index is 92.7. The van der Waals surface area contributed by atoms with Crippen molar-refractivity contribution in [3.63, 3.8) is 0 Å². The summed E-state index contributed by atoms with van der Waals surface area (Å²) >= 11 is 0. The van der Waals surface area contributed by atoms with Crippen molar-refractivity contribution in [2.75, 3.05) is 0 Å². The van der Waals surface area contributed by atoms with Crippen LogP contribution in [0.3, 0.4) is 0 Å². The fourth-order valence-electron chi connectivity index (χ4n) is 0.321. The molecule has 2 heteroatoms. The first-order chi connectivity index (χ1) is 3.50. The topological polar surface area (TPSA) is 19.9 Å². The van der Waals surface area contributed by atoms with E-state index in [9.17, 15) is 0 Å². The molecule has 0 atom stereocenters. The third-order valence-corrected chi connectivity index (χ3v) is 0.556. The molecule has 0 heterocycles. The van der Waals surface area contributed by atoms with Crippen molar-refractivity contribution < 1.29 is 25.7 Å². The Kier molecular flexibility index (Phi) is 27.8. The zero-order chi connectivity index (χ0) is 5.54. The summed E-state index contributed by atoms with van der Waals surface area (Å²) in [4.78, 5) is 0. The summed E-state index contributed by atoms with van der Waals surface area (Å²) in [6, 6.07) is 0. The van der Waals surface area contributed by atoms with E-state index in [1.54, 1.807) is 0 Å². The molecule has 1 aliphatic rings. The van der Waals surface area contributed by atoms with Gasteiger partial charge in [0.05, 0.1) is 0 Å². The van der Waals surface area contributed by atoms with Gasteiger partial charge in [0, 0.05) is 27.5 Å². The van der Waals surface area contributed by atoms with Crippen molar-refractivity contribution in [2.24, 2.45) is 0 Å². The average molecular weight is 303 g/mol. The summed E-state index contributed by atoms with van der Waals surface area (Å²) in [6.45, 7) is 4.50. The molecule has 1 aliphatic carbocycles. The number of hydrogen-bond donors (Lipinski definition) is 0. The van der Waals surface area contributed by atoms with Crippen LogP contribution in [0.15, 0.2) is 24.3 Å². The smallest absolute Gasteiger partial charge is 0.00506 e. The first-order valence-corrected chi connectivity index (χ1v) is 1.87. The SMILES string of the molecule is [C-]#[O+].[CH3-].[CH]1C=CC=C1.[Pt]. The van der Waals surface area contributed by atoms with Crippen molar-refractivity contribution in [3.8, 4) is 0 Å². The predicted molar refractivity (Wildman–Crippen MR) is 32.9 cm³/mol. The van der Waals surface area contributed by atoms with Crippen LogP contribution in [0, 0.1) is 20.5 Å². The minimum atomic E-state index is 0. The zero-order valence-corrected chi connectivity index (χ0v) is 7.38. The molecule has 0 unspecified atom stereocenters. The normalized spacial score (nSPS) is 10.0. The van der Waals surface area contributed by atoms with Gasteiger partial charge < -0.3 is 7.43 Å². The van der Waals surface area contributed by atoms with E-state index in [-0.39, 0.29) is 28.5 Å². The Balaban J connectivity index is -0.0000000836. The third-order valence-electron chi connectivity index (χ3n) is 0.556. The van der Waals surface area contributed by atoms with E-state index in [0.717, 1.165) is 0 Å². The molecule has 0 aromatic rings. The van der Waals surface area contributed by atoms with Crippen LogP contribution in [-0.4, -0.2) is 0 Å². The molecular weight excluding hydrogens is 295 g/mol. The Hall–Kier alpha value is -0.0917. The fraction of sp³-hybridized carbons (Fsp3) is 0. The molecule has 0 saturated heterocycles. The van der Waals surface area contributed by atoms with Crippen LogP contribution in [0.5, 0.6) is 0 Å². The van der Waals surface area contributed by atoms with Crippen LogP contribution in [0.2, 0.25) is 0 Å². The quantitative estimate of drug-likeness (QED) is 0.480. The summed E-state index contributed by atoms with van der Waals surface area (Å²) in [5.41, 5.74) is 0. The molecule has 0 aliphatic heterocycles. The van der Waals surface area contributed by atoms with Crippen LogP contribution < -0.4 is 0 Å². The third kappa shape index (κ3) is 11.5. The van der Waals surface area contributed by atoms with Crippen LogP contribution in [0.4, 0.5) is 0 Å². The van der Waals surface area contributed by atoms with Crippen LogP contribution in [-0.2, 0) is 25.7 Å². The Morgan fingerprint density at radius 1 is 0.889 bits per heavy atom. The van der Waals surface area contributed by atoms with E-state index in [0.29, 0.717) is 0 Å². The molecule has 0 spiro atoms. The van der Waals surface area contributed by atoms with Crippen molar-refractivity contribution >= 4 is 0 Å². The maximum absolute atomic E-state index is 7.50. The molecule has 0 saturated carbocycles. The first-order valence-electron chi connectivity index (χ1n) is 1.87. The molecule has 0 aromatic carbocycles. The summed E-state index contributed by atoms with van der Waals surface area (Å²) < 4.78 is 7.50. The van der Waals surface area contributed by atoms with Crippen LogP contribution in [0.25, 0.3) is 0 Å². The molecule has 0 amide bonds. The summed E-state index contributed by atoms with van der Waals surface area (Å²) in [6.07, 6.45) is 10.0. The maximum Gasteiger partial charge on any atom is 0.00506 e. The molecule has 9 heavy (non-hydrogen) atoms. The monoisotopic (exact) mass is 303 g/mol. The molecule has 53 valence electrons. The Morgan fingerprint density at radius 2 is 1.22 bits per heavy atom. The van der Waals surface area contributed by atoms with Gasteiger partial charge in [-0.3, -0.25) is 0 Å². The molecule has 1 radical (unpaired) electrons. The molecule has 0 N–H and O–H groups in total. The van der Waals surface area contributed by atoms with Gasteiger partial charge in [-0.1, -0.05) is 24.3 Å². The van der Waals surface area contributed by atoms with Crippen molar-refractivity contribution in [1.29, 1.82) is 0 Å². The minimum absolute atomic E-state index is 0. The first kappa shape index (κ1) is 16.0. The number of allylic oxidation sites excluding steroid dienone is 4. The van der Waals surface area contributed by atoms with Crippen LogP contribution in [0.1, 0.15) is 0 Å². The molecule has 1 nitrogen and oxygen atoms in total. The van der Waals surface area contributed by atoms with Crippen molar-refractivity contribution in [2.45, 2.75) is 0 Å². The summed E-state index contributed by atoms with van der Waals surface area (Å²) in [7, 11) is 0. The van der Waals surface area contributed by atoms with Gasteiger partial charge in [0.25, 0.3) is 0 Å². The van der Waals surface area contributed by atoms with Gasteiger partial charge in [-0.25, -0.2) is 0 Å². The number of rotatable bonds is 0. The fourth-order valence-corrected chi connectivity index (χ4v) is 0.321. The van der Waals surface area contributed by atoms with Gasteiger partial charge in [-0.2, -0.15) is 0 Å². The standard InChI is InChI=1S/C5H5.CO.CH3.Pt/c1-2-4-5-3-1;1-2;;/h1-5H;;1H3;/q;;-1;. The van der Waals surface area contributed by atoms with Crippen molar-refractivity contribution in [1.82, 2.24) is 0 Å². The largest absolute Gasteiger partial charge is 0.358 e. The van der Waals surface area contributed by atoms with E-state index >= 15 is 0 Å². The molecule has 0 aromatic heterocycles. The second-order valence-corrected chi connectivity index (χ2v) is 0.962. The van der Waals surface area contributed by atoms with Crippen LogP contribution >= 0.6 is 0 Å². The van der Waals surface area contributed by atoms with E-state index in [2.05, 4.69) is 6.65 Å². The molecular formula is C7H8OPt-. The van der Waals surface area contributed by atoms with Gasteiger partial charge in [-0.05, 0) is 0 Å². The second kappa shape index (κ2) is 15.7. The Morgan fingerprint density at radius 3 is 1.33 bits per heavy atom. The van der Waals surface area contributed by atoms with Gasteiger partial charge in [0.15, 0.2) is 0 Å². The molecule has 0 bridgehead atoms. The van der Waals surface area contributed by atoms with E-state index in [4.69, 9.17) is 4.65 Å².